The third kappa shape index (κ3) is 2.93. The number of carboxylic acids is 1. The fraction of sp³-hybridized carbons (Fsp3) is 0.0625. The van der Waals surface area contributed by atoms with Crippen LogP contribution < -0.4 is 5.56 Å². The lowest BCUT2D eigenvalue weighted by Crippen LogP contribution is -2.13. The van der Waals surface area contributed by atoms with Gasteiger partial charge >= 0.3 is 5.97 Å². The average molecular weight is 333 g/mol. The van der Waals surface area contributed by atoms with Crippen LogP contribution in [0.5, 0.6) is 0 Å². The van der Waals surface area contributed by atoms with Crippen LogP contribution >= 0.6 is 11.6 Å². The zero-order valence-corrected chi connectivity index (χ0v) is 12.4. The SMILES string of the molecule is O=C(O)c1ccc2c(=O)[nH]c(Cc3c(F)cccc3Cl)nc2c1. The van der Waals surface area contributed by atoms with Gasteiger partial charge in [0, 0.05) is 17.0 Å². The summed E-state index contributed by atoms with van der Waals surface area (Å²) in [5, 5.41) is 9.50. The van der Waals surface area contributed by atoms with Crippen LogP contribution in [0.25, 0.3) is 10.9 Å². The van der Waals surface area contributed by atoms with E-state index in [1.807, 2.05) is 0 Å². The van der Waals surface area contributed by atoms with Gasteiger partial charge in [0.15, 0.2) is 0 Å². The molecule has 0 aliphatic rings. The number of hydrogen-bond donors (Lipinski definition) is 2. The number of rotatable bonds is 3. The molecule has 0 saturated heterocycles. The summed E-state index contributed by atoms with van der Waals surface area (Å²) < 4.78 is 13.8. The molecule has 0 fully saturated rings. The van der Waals surface area contributed by atoms with E-state index in [9.17, 15) is 14.0 Å². The van der Waals surface area contributed by atoms with E-state index >= 15 is 0 Å². The molecule has 0 bridgehead atoms. The molecule has 1 heterocycles. The average Bonchev–Trinajstić information content (AvgIpc) is 2.50. The molecular weight excluding hydrogens is 323 g/mol. The van der Waals surface area contributed by atoms with Crippen molar-refractivity contribution in [2.45, 2.75) is 6.42 Å². The summed E-state index contributed by atoms with van der Waals surface area (Å²) in [6.07, 6.45) is -0.00597. The predicted molar refractivity (Wildman–Crippen MR) is 83.5 cm³/mol. The number of H-pyrrole nitrogens is 1. The molecule has 0 radical (unpaired) electrons. The zero-order valence-electron chi connectivity index (χ0n) is 11.6. The maximum Gasteiger partial charge on any atom is 0.335 e. The Morgan fingerprint density at radius 2 is 2.09 bits per heavy atom. The van der Waals surface area contributed by atoms with Crippen molar-refractivity contribution in [1.82, 2.24) is 9.97 Å². The number of aromatic carboxylic acids is 1. The minimum Gasteiger partial charge on any atom is -0.478 e. The van der Waals surface area contributed by atoms with E-state index in [1.54, 1.807) is 6.07 Å². The molecule has 0 unspecified atom stereocenters. The monoisotopic (exact) mass is 332 g/mol. The lowest BCUT2D eigenvalue weighted by atomic mass is 10.1. The fourth-order valence-corrected chi connectivity index (χ4v) is 2.50. The van der Waals surface area contributed by atoms with Gasteiger partial charge in [0.25, 0.3) is 5.56 Å². The number of hydrogen-bond acceptors (Lipinski definition) is 3. The van der Waals surface area contributed by atoms with E-state index in [0.29, 0.717) is 0 Å². The van der Waals surface area contributed by atoms with Crippen molar-refractivity contribution >= 4 is 28.5 Å². The molecule has 116 valence electrons. The second-order valence-corrected chi connectivity index (χ2v) is 5.33. The van der Waals surface area contributed by atoms with Gasteiger partial charge in [-0.15, -0.1) is 0 Å². The minimum absolute atomic E-state index is 0.00597. The lowest BCUT2D eigenvalue weighted by Gasteiger charge is -2.07. The Morgan fingerprint density at radius 1 is 1.30 bits per heavy atom. The summed E-state index contributed by atoms with van der Waals surface area (Å²) in [5.41, 5.74) is 0.0436. The first-order valence-electron chi connectivity index (χ1n) is 6.65. The lowest BCUT2D eigenvalue weighted by molar-refractivity contribution is 0.0697. The number of nitrogens with one attached hydrogen (secondary N) is 1. The number of halogens is 2. The van der Waals surface area contributed by atoms with Gasteiger partial charge in [0.1, 0.15) is 11.6 Å². The highest BCUT2D eigenvalue weighted by atomic mass is 35.5. The number of aromatic amines is 1. The van der Waals surface area contributed by atoms with Crippen LogP contribution in [0.3, 0.4) is 0 Å². The summed E-state index contributed by atoms with van der Waals surface area (Å²) in [5.74, 6) is -1.41. The van der Waals surface area contributed by atoms with Crippen molar-refractivity contribution in [2.24, 2.45) is 0 Å². The fourth-order valence-electron chi connectivity index (χ4n) is 2.27. The summed E-state index contributed by atoms with van der Waals surface area (Å²) in [6, 6.07) is 8.32. The van der Waals surface area contributed by atoms with Crippen LogP contribution in [0.2, 0.25) is 5.02 Å². The van der Waals surface area contributed by atoms with Crippen LogP contribution in [-0.4, -0.2) is 21.0 Å². The smallest absolute Gasteiger partial charge is 0.335 e. The molecule has 2 aromatic carbocycles. The Morgan fingerprint density at radius 3 is 2.78 bits per heavy atom. The predicted octanol–water partition coefficient (Wildman–Crippen LogP) is 3.00. The van der Waals surface area contributed by atoms with Crippen LogP contribution in [-0.2, 0) is 6.42 Å². The van der Waals surface area contributed by atoms with E-state index in [-0.39, 0.29) is 39.3 Å². The molecule has 0 aliphatic carbocycles. The van der Waals surface area contributed by atoms with Gasteiger partial charge in [-0.2, -0.15) is 0 Å². The Labute approximate surface area is 134 Å². The maximum atomic E-state index is 13.8. The molecular formula is C16H10ClFN2O3. The highest BCUT2D eigenvalue weighted by Crippen LogP contribution is 2.21. The van der Waals surface area contributed by atoms with E-state index < -0.39 is 17.3 Å². The topological polar surface area (TPSA) is 83.0 Å². The molecule has 2 N–H and O–H groups in total. The van der Waals surface area contributed by atoms with Gasteiger partial charge in [-0.1, -0.05) is 17.7 Å². The molecule has 0 saturated carbocycles. The van der Waals surface area contributed by atoms with Gasteiger partial charge in [-0.25, -0.2) is 14.2 Å². The van der Waals surface area contributed by atoms with Gasteiger partial charge in [0.05, 0.1) is 16.5 Å². The molecule has 3 aromatic rings. The van der Waals surface area contributed by atoms with Crippen molar-refractivity contribution in [2.75, 3.05) is 0 Å². The molecule has 3 rings (SSSR count). The van der Waals surface area contributed by atoms with Gasteiger partial charge in [-0.3, -0.25) is 4.79 Å². The quantitative estimate of drug-likeness (QED) is 0.772. The highest BCUT2D eigenvalue weighted by molar-refractivity contribution is 6.31. The third-order valence-corrected chi connectivity index (χ3v) is 3.76. The number of fused-ring (bicyclic) bond motifs is 1. The van der Waals surface area contributed by atoms with E-state index in [2.05, 4.69) is 9.97 Å². The maximum absolute atomic E-state index is 13.8. The second kappa shape index (κ2) is 5.81. The number of carbonyl (C=O) groups is 1. The first-order chi connectivity index (χ1) is 11.0. The van der Waals surface area contributed by atoms with Crippen LogP contribution in [0.15, 0.2) is 41.2 Å². The molecule has 0 spiro atoms. The van der Waals surface area contributed by atoms with Gasteiger partial charge in [0.2, 0.25) is 0 Å². The van der Waals surface area contributed by atoms with Crippen molar-refractivity contribution in [3.63, 3.8) is 0 Å². The van der Waals surface area contributed by atoms with E-state index in [1.165, 1.54) is 30.3 Å². The van der Waals surface area contributed by atoms with Crippen LogP contribution in [0.1, 0.15) is 21.7 Å². The first kappa shape index (κ1) is 15.2. The number of nitrogens with zero attached hydrogens (tertiary/aromatic N) is 1. The van der Waals surface area contributed by atoms with E-state index in [4.69, 9.17) is 16.7 Å². The normalized spacial score (nSPS) is 10.9. The van der Waals surface area contributed by atoms with Crippen molar-refractivity contribution in [3.8, 4) is 0 Å². The number of benzene rings is 2. The van der Waals surface area contributed by atoms with Gasteiger partial charge in [-0.05, 0) is 30.3 Å². The molecule has 0 atom stereocenters. The van der Waals surface area contributed by atoms with Crippen molar-refractivity contribution in [1.29, 1.82) is 0 Å². The third-order valence-electron chi connectivity index (χ3n) is 3.41. The Kier molecular flexibility index (Phi) is 3.83. The molecule has 1 aromatic heterocycles. The summed E-state index contributed by atoms with van der Waals surface area (Å²) >= 11 is 5.97. The summed E-state index contributed by atoms with van der Waals surface area (Å²) in [4.78, 5) is 29.9. The summed E-state index contributed by atoms with van der Waals surface area (Å²) in [6.45, 7) is 0. The van der Waals surface area contributed by atoms with E-state index in [0.717, 1.165) is 0 Å². The van der Waals surface area contributed by atoms with Crippen LogP contribution in [0, 0.1) is 5.82 Å². The zero-order chi connectivity index (χ0) is 16.6. The van der Waals surface area contributed by atoms with Gasteiger partial charge < -0.3 is 10.1 Å². The highest BCUT2D eigenvalue weighted by Gasteiger charge is 2.12. The minimum atomic E-state index is -1.12. The Balaban J connectivity index is 2.11. The number of aromatic nitrogens is 2. The Bertz CT molecular complexity index is 964. The standard InChI is InChI=1S/C16H10ClFN2O3/c17-11-2-1-3-12(18)10(11)7-14-19-13-6-8(16(22)23)4-5-9(13)15(21)20-14/h1-6H,7H2,(H,22,23)(H,19,20,21). The molecule has 23 heavy (non-hydrogen) atoms. The first-order valence-corrected chi connectivity index (χ1v) is 7.02. The van der Waals surface area contributed by atoms with Crippen LogP contribution in [0.4, 0.5) is 4.39 Å². The number of carboxylic acid groups (broad SMARTS) is 1. The Hall–Kier alpha value is -2.73. The molecule has 0 amide bonds. The van der Waals surface area contributed by atoms with Crippen molar-refractivity contribution in [3.05, 3.63) is 74.5 Å². The summed E-state index contributed by atoms with van der Waals surface area (Å²) in [7, 11) is 0. The van der Waals surface area contributed by atoms with Crippen molar-refractivity contribution < 1.29 is 14.3 Å². The second-order valence-electron chi connectivity index (χ2n) is 4.93. The molecule has 0 aliphatic heterocycles. The molecule has 7 heteroatoms. The molecule has 5 nitrogen and oxygen atoms in total. The largest absolute Gasteiger partial charge is 0.478 e.